The van der Waals surface area contributed by atoms with E-state index in [9.17, 15) is 4.39 Å². The second kappa shape index (κ2) is 4.93. The molecule has 2 N–H and O–H groups in total. The first kappa shape index (κ1) is 13.4. The van der Waals surface area contributed by atoms with Gasteiger partial charge in [0.05, 0.1) is 12.1 Å². The molecule has 0 saturated heterocycles. The van der Waals surface area contributed by atoms with E-state index in [0.717, 1.165) is 0 Å². The van der Waals surface area contributed by atoms with Crippen LogP contribution in [0.4, 0.5) is 10.1 Å². The number of nitrogens with zero attached hydrogens (tertiary/aromatic N) is 4. The maximum absolute atomic E-state index is 13.3. The summed E-state index contributed by atoms with van der Waals surface area (Å²) in [7, 11) is 1.61. The summed E-state index contributed by atoms with van der Waals surface area (Å²) in [5.41, 5.74) is 6.29. The van der Waals surface area contributed by atoms with Crippen molar-refractivity contribution < 1.29 is 9.13 Å². The van der Waals surface area contributed by atoms with E-state index in [4.69, 9.17) is 10.5 Å². The molecule has 102 valence electrons. The minimum absolute atomic E-state index is 0.384. The molecule has 0 aliphatic carbocycles. The van der Waals surface area contributed by atoms with E-state index in [0.29, 0.717) is 23.6 Å². The topological polar surface area (TPSA) is 78.8 Å². The molecule has 0 radical (unpaired) electrons. The highest BCUT2D eigenvalue weighted by atomic mass is 19.1. The van der Waals surface area contributed by atoms with E-state index in [1.807, 2.05) is 13.8 Å². The average molecular weight is 265 g/mol. The first-order chi connectivity index (χ1) is 8.93. The van der Waals surface area contributed by atoms with Crippen LogP contribution in [0.2, 0.25) is 0 Å². The van der Waals surface area contributed by atoms with Gasteiger partial charge in [0.1, 0.15) is 5.82 Å². The Morgan fingerprint density at radius 2 is 2.16 bits per heavy atom. The summed E-state index contributed by atoms with van der Waals surface area (Å²) in [6.45, 7) is 4.25. The van der Waals surface area contributed by atoms with Gasteiger partial charge in [-0.3, -0.25) is 0 Å². The average Bonchev–Trinajstić information content (AvgIpc) is 2.79. The second-order valence-electron chi connectivity index (χ2n) is 4.86. The number of benzene rings is 1. The third kappa shape index (κ3) is 2.87. The third-order valence-corrected chi connectivity index (χ3v) is 2.87. The standard InChI is InChI=1S/C12H16FN5O/c1-12(2,19-3)7-18-11(15-16-17-18)9-6-8(13)4-5-10(9)14/h4-6H,7,14H2,1-3H3. The van der Waals surface area contributed by atoms with Gasteiger partial charge in [0.2, 0.25) is 0 Å². The number of nitrogen functional groups attached to an aromatic ring is 1. The molecule has 7 heteroatoms. The molecule has 0 spiro atoms. The Morgan fingerprint density at radius 1 is 1.42 bits per heavy atom. The Hall–Kier alpha value is -2.02. The molecule has 0 bridgehead atoms. The van der Waals surface area contributed by atoms with Crippen LogP contribution in [0, 0.1) is 5.82 Å². The summed E-state index contributed by atoms with van der Waals surface area (Å²) in [6.07, 6.45) is 0. The summed E-state index contributed by atoms with van der Waals surface area (Å²) in [5.74, 6) is 0.0341. The van der Waals surface area contributed by atoms with Crippen molar-refractivity contribution in [2.24, 2.45) is 0 Å². The first-order valence-corrected chi connectivity index (χ1v) is 5.80. The van der Waals surface area contributed by atoms with Crippen LogP contribution in [0.25, 0.3) is 11.4 Å². The summed E-state index contributed by atoms with van der Waals surface area (Å²) < 4.78 is 20.2. The van der Waals surface area contributed by atoms with Gasteiger partial charge in [-0.25, -0.2) is 9.07 Å². The van der Waals surface area contributed by atoms with Crippen LogP contribution < -0.4 is 5.73 Å². The molecule has 1 aromatic carbocycles. The number of rotatable bonds is 4. The zero-order valence-electron chi connectivity index (χ0n) is 11.1. The number of hydrogen-bond donors (Lipinski definition) is 1. The predicted octanol–water partition coefficient (Wildman–Crippen LogP) is 1.49. The summed E-state index contributed by atoms with van der Waals surface area (Å²) in [5, 5.41) is 11.4. The molecule has 6 nitrogen and oxygen atoms in total. The zero-order valence-corrected chi connectivity index (χ0v) is 11.1. The second-order valence-corrected chi connectivity index (χ2v) is 4.86. The van der Waals surface area contributed by atoms with Crippen LogP contribution >= 0.6 is 0 Å². The van der Waals surface area contributed by atoms with Gasteiger partial charge in [0, 0.05) is 18.4 Å². The van der Waals surface area contributed by atoms with Gasteiger partial charge in [-0.2, -0.15) is 0 Å². The molecule has 0 amide bonds. The van der Waals surface area contributed by atoms with E-state index < -0.39 is 5.60 Å². The number of hydrogen-bond acceptors (Lipinski definition) is 5. The molecule has 0 aliphatic heterocycles. The highest BCUT2D eigenvalue weighted by Crippen LogP contribution is 2.25. The van der Waals surface area contributed by atoms with Gasteiger partial charge in [-0.1, -0.05) is 0 Å². The smallest absolute Gasteiger partial charge is 0.184 e. The Labute approximate surface area is 110 Å². The third-order valence-electron chi connectivity index (χ3n) is 2.87. The maximum atomic E-state index is 13.3. The fourth-order valence-electron chi connectivity index (χ4n) is 1.65. The van der Waals surface area contributed by atoms with E-state index in [2.05, 4.69) is 15.5 Å². The van der Waals surface area contributed by atoms with Crippen molar-refractivity contribution in [2.75, 3.05) is 12.8 Å². The van der Waals surface area contributed by atoms with Crippen molar-refractivity contribution in [1.29, 1.82) is 0 Å². The fraction of sp³-hybridized carbons (Fsp3) is 0.417. The van der Waals surface area contributed by atoms with Gasteiger partial charge in [-0.15, -0.1) is 5.10 Å². The van der Waals surface area contributed by atoms with Crippen molar-refractivity contribution in [2.45, 2.75) is 26.0 Å². The lowest BCUT2D eigenvalue weighted by Crippen LogP contribution is -2.30. The molecule has 1 heterocycles. The number of halogens is 1. The maximum Gasteiger partial charge on any atom is 0.184 e. The minimum atomic E-state index is -0.438. The van der Waals surface area contributed by atoms with Crippen molar-refractivity contribution in [1.82, 2.24) is 20.2 Å². The van der Waals surface area contributed by atoms with E-state index in [1.165, 1.54) is 18.2 Å². The van der Waals surface area contributed by atoms with Crippen molar-refractivity contribution in [3.63, 3.8) is 0 Å². The van der Waals surface area contributed by atoms with Gasteiger partial charge < -0.3 is 10.5 Å². The number of anilines is 1. The largest absolute Gasteiger partial charge is 0.398 e. The Bertz CT molecular complexity index is 581. The number of nitrogens with two attached hydrogens (primary N) is 1. The summed E-state index contributed by atoms with van der Waals surface area (Å²) in [4.78, 5) is 0. The lowest BCUT2D eigenvalue weighted by molar-refractivity contribution is 0.00539. The van der Waals surface area contributed by atoms with Crippen LogP contribution in [0.5, 0.6) is 0 Å². The predicted molar refractivity (Wildman–Crippen MR) is 68.7 cm³/mol. The quantitative estimate of drug-likeness (QED) is 0.847. The molecule has 1 aromatic heterocycles. The fourth-order valence-corrected chi connectivity index (χ4v) is 1.65. The minimum Gasteiger partial charge on any atom is -0.398 e. The molecule has 0 fully saturated rings. The number of methoxy groups -OCH3 is 1. The molecule has 0 saturated carbocycles. The summed E-state index contributed by atoms with van der Waals surface area (Å²) in [6, 6.07) is 4.11. The monoisotopic (exact) mass is 265 g/mol. The van der Waals surface area contributed by atoms with Crippen LogP contribution in [-0.2, 0) is 11.3 Å². The molecule has 2 aromatic rings. The van der Waals surface area contributed by atoms with Gasteiger partial charge >= 0.3 is 0 Å². The van der Waals surface area contributed by atoms with Gasteiger partial charge in [-0.05, 0) is 42.5 Å². The zero-order chi connectivity index (χ0) is 14.0. The normalized spacial score (nSPS) is 11.8. The molecular formula is C12H16FN5O. The Balaban J connectivity index is 2.42. The van der Waals surface area contributed by atoms with Gasteiger partial charge in [0.15, 0.2) is 5.82 Å². The van der Waals surface area contributed by atoms with Crippen LogP contribution in [0.3, 0.4) is 0 Å². The summed E-state index contributed by atoms with van der Waals surface area (Å²) >= 11 is 0. The number of aromatic nitrogens is 4. The number of tetrazole rings is 1. The lowest BCUT2D eigenvalue weighted by atomic mass is 10.1. The Morgan fingerprint density at radius 3 is 2.84 bits per heavy atom. The number of ether oxygens (including phenoxy) is 1. The molecular weight excluding hydrogens is 249 g/mol. The van der Waals surface area contributed by atoms with Crippen LogP contribution in [-0.4, -0.2) is 32.9 Å². The lowest BCUT2D eigenvalue weighted by Gasteiger charge is -2.22. The highest BCUT2D eigenvalue weighted by molar-refractivity contribution is 5.71. The SMILES string of the molecule is COC(C)(C)Cn1nnnc1-c1cc(F)ccc1N. The molecule has 0 aliphatic rings. The van der Waals surface area contributed by atoms with E-state index in [-0.39, 0.29) is 5.82 Å². The van der Waals surface area contributed by atoms with Crippen LogP contribution in [0.15, 0.2) is 18.2 Å². The van der Waals surface area contributed by atoms with Gasteiger partial charge in [0.25, 0.3) is 0 Å². The van der Waals surface area contributed by atoms with E-state index >= 15 is 0 Å². The molecule has 19 heavy (non-hydrogen) atoms. The van der Waals surface area contributed by atoms with Crippen molar-refractivity contribution in [3.8, 4) is 11.4 Å². The highest BCUT2D eigenvalue weighted by Gasteiger charge is 2.22. The van der Waals surface area contributed by atoms with E-state index in [1.54, 1.807) is 11.8 Å². The Kier molecular flexibility index (Phi) is 3.48. The molecule has 2 rings (SSSR count). The molecule has 0 atom stereocenters. The molecule has 0 unspecified atom stereocenters. The van der Waals surface area contributed by atoms with Crippen LogP contribution in [0.1, 0.15) is 13.8 Å². The van der Waals surface area contributed by atoms with Crippen molar-refractivity contribution >= 4 is 5.69 Å². The first-order valence-electron chi connectivity index (χ1n) is 5.80. The van der Waals surface area contributed by atoms with Crippen molar-refractivity contribution in [3.05, 3.63) is 24.0 Å².